The quantitative estimate of drug-likeness (QED) is 0.756. The van der Waals surface area contributed by atoms with Crippen LogP contribution in [-0.2, 0) is 0 Å². The molecule has 0 aromatic heterocycles. The number of aliphatic hydroxyl groups excluding tert-OH is 1. The molecule has 1 aliphatic heterocycles. The molecule has 1 heterocycles. The van der Waals surface area contributed by atoms with E-state index in [4.69, 9.17) is 4.74 Å². The minimum atomic E-state index is -1.48. The molecule has 2 aromatic carbocycles. The lowest BCUT2D eigenvalue weighted by molar-refractivity contribution is -0.145. The summed E-state index contributed by atoms with van der Waals surface area (Å²) >= 11 is 0. The first-order valence-electron chi connectivity index (χ1n) is 7.71. The molecule has 0 amide bonds. The lowest BCUT2D eigenvalue weighted by Gasteiger charge is -2.43. The fraction of sp³-hybridized carbons (Fsp3) is 0.368. The zero-order valence-corrected chi connectivity index (χ0v) is 13.8. The molecule has 23 heavy (non-hydrogen) atoms. The van der Waals surface area contributed by atoms with E-state index < -0.39 is 17.8 Å². The number of ether oxygens (including phenoxy) is 1. The number of benzene rings is 2. The van der Waals surface area contributed by atoms with Gasteiger partial charge in [0.1, 0.15) is 23.2 Å². The maximum absolute atomic E-state index is 10.9. The molecular weight excluding hydrogens is 292 g/mol. The van der Waals surface area contributed by atoms with E-state index in [0.717, 1.165) is 11.1 Å². The van der Waals surface area contributed by atoms with Crippen molar-refractivity contribution in [1.82, 2.24) is 0 Å². The third-order valence-corrected chi connectivity index (χ3v) is 4.96. The van der Waals surface area contributed by atoms with Gasteiger partial charge in [-0.05, 0) is 44.4 Å². The van der Waals surface area contributed by atoms with Gasteiger partial charge in [-0.3, -0.25) is 0 Å². The minimum absolute atomic E-state index is 0.168. The molecule has 0 saturated heterocycles. The van der Waals surface area contributed by atoms with Crippen LogP contribution in [0.4, 0.5) is 0 Å². The van der Waals surface area contributed by atoms with Gasteiger partial charge in [-0.15, -0.1) is 0 Å². The number of rotatable bonds is 1. The third-order valence-electron chi connectivity index (χ3n) is 4.96. The van der Waals surface area contributed by atoms with E-state index in [9.17, 15) is 15.3 Å². The van der Waals surface area contributed by atoms with Crippen LogP contribution in [0.2, 0.25) is 0 Å². The molecule has 0 radical (unpaired) electrons. The zero-order valence-electron chi connectivity index (χ0n) is 13.8. The Balaban J connectivity index is 2.23. The lowest BCUT2D eigenvalue weighted by Crippen LogP contribution is -2.46. The Kier molecular flexibility index (Phi) is 3.62. The van der Waals surface area contributed by atoms with Gasteiger partial charge in [-0.2, -0.15) is 0 Å². The van der Waals surface area contributed by atoms with Crippen molar-refractivity contribution in [3.8, 4) is 11.5 Å². The van der Waals surface area contributed by atoms with E-state index in [1.807, 2.05) is 37.3 Å². The molecule has 0 fully saturated rings. The predicted molar refractivity (Wildman–Crippen MR) is 87.7 cm³/mol. The fourth-order valence-corrected chi connectivity index (χ4v) is 3.33. The minimum Gasteiger partial charge on any atom is -0.507 e. The van der Waals surface area contributed by atoms with Gasteiger partial charge in [0.25, 0.3) is 0 Å². The standard InChI is InChI=1S/C19H22O4/c1-10-11(2)15(20)12(3)16-14(10)17(21)19(4,22)18(23-16)13-8-6-5-7-9-13/h5-9,17-18,20-22H,1-4H3. The summed E-state index contributed by atoms with van der Waals surface area (Å²) in [4.78, 5) is 0. The number of hydrogen-bond donors (Lipinski definition) is 3. The topological polar surface area (TPSA) is 69.9 Å². The van der Waals surface area contributed by atoms with Crippen LogP contribution in [0, 0.1) is 20.8 Å². The van der Waals surface area contributed by atoms with E-state index in [0.29, 0.717) is 22.4 Å². The highest BCUT2D eigenvalue weighted by Crippen LogP contribution is 2.52. The van der Waals surface area contributed by atoms with Crippen LogP contribution in [0.15, 0.2) is 30.3 Å². The first kappa shape index (κ1) is 15.8. The van der Waals surface area contributed by atoms with Crippen LogP contribution in [0.3, 0.4) is 0 Å². The van der Waals surface area contributed by atoms with Crippen LogP contribution in [0.1, 0.15) is 46.9 Å². The smallest absolute Gasteiger partial charge is 0.155 e. The molecule has 0 spiro atoms. The molecule has 4 heteroatoms. The van der Waals surface area contributed by atoms with Crippen molar-refractivity contribution < 1.29 is 20.1 Å². The molecule has 0 saturated carbocycles. The van der Waals surface area contributed by atoms with Crippen molar-refractivity contribution in [3.05, 3.63) is 58.1 Å². The largest absolute Gasteiger partial charge is 0.507 e. The van der Waals surface area contributed by atoms with Crippen molar-refractivity contribution in [2.75, 3.05) is 0 Å². The molecule has 2 aromatic rings. The summed E-state index contributed by atoms with van der Waals surface area (Å²) in [5.74, 6) is 0.625. The molecule has 3 atom stereocenters. The first-order valence-corrected chi connectivity index (χ1v) is 7.71. The SMILES string of the molecule is Cc1c(C)c2c(c(C)c1O)OC(c1ccccc1)C(C)(O)C2O. The normalized spacial score (nSPS) is 26.5. The average Bonchev–Trinajstić information content (AvgIpc) is 2.54. The molecule has 1 aliphatic rings. The Morgan fingerprint density at radius 2 is 1.61 bits per heavy atom. The maximum Gasteiger partial charge on any atom is 0.155 e. The van der Waals surface area contributed by atoms with Gasteiger partial charge >= 0.3 is 0 Å². The van der Waals surface area contributed by atoms with Crippen LogP contribution < -0.4 is 4.74 Å². The number of hydrogen-bond acceptors (Lipinski definition) is 4. The fourth-order valence-electron chi connectivity index (χ4n) is 3.33. The van der Waals surface area contributed by atoms with Gasteiger partial charge in [-0.1, -0.05) is 30.3 Å². The Labute approximate surface area is 136 Å². The van der Waals surface area contributed by atoms with Gasteiger partial charge < -0.3 is 20.1 Å². The summed E-state index contributed by atoms with van der Waals surface area (Å²) in [5, 5.41) is 32.1. The molecule has 122 valence electrons. The Bertz CT molecular complexity index is 750. The summed E-state index contributed by atoms with van der Waals surface area (Å²) in [6.07, 6.45) is -1.82. The number of phenols is 1. The highest BCUT2D eigenvalue weighted by atomic mass is 16.5. The van der Waals surface area contributed by atoms with Crippen molar-refractivity contribution >= 4 is 0 Å². The second-order valence-corrected chi connectivity index (χ2v) is 6.50. The highest BCUT2D eigenvalue weighted by molar-refractivity contribution is 5.60. The first-order chi connectivity index (χ1) is 10.8. The van der Waals surface area contributed by atoms with Gasteiger partial charge in [0.2, 0.25) is 0 Å². The Hall–Kier alpha value is -2.04. The van der Waals surface area contributed by atoms with E-state index in [1.54, 1.807) is 20.8 Å². The van der Waals surface area contributed by atoms with Crippen molar-refractivity contribution in [1.29, 1.82) is 0 Å². The molecule has 3 N–H and O–H groups in total. The molecule has 4 nitrogen and oxygen atoms in total. The monoisotopic (exact) mass is 314 g/mol. The van der Waals surface area contributed by atoms with Gasteiger partial charge in [-0.25, -0.2) is 0 Å². The summed E-state index contributed by atoms with van der Waals surface area (Å²) in [6.45, 7) is 6.95. The molecule has 0 aliphatic carbocycles. The zero-order chi connectivity index (χ0) is 16.9. The number of phenolic OH excluding ortho intramolecular Hbond substituents is 1. The highest BCUT2D eigenvalue weighted by Gasteiger charge is 2.48. The molecule has 3 unspecified atom stereocenters. The van der Waals surface area contributed by atoms with Crippen LogP contribution in [0.25, 0.3) is 0 Å². The Morgan fingerprint density at radius 3 is 2.22 bits per heavy atom. The van der Waals surface area contributed by atoms with E-state index in [-0.39, 0.29) is 5.75 Å². The van der Waals surface area contributed by atoms with E-state index in [2.05, 4.69) is 0 Å². The summed E-state index contributed by atoms with van der Waals surface area (Å²) < 4.78 is 6.08. The molecule has 0 bridgehead atoms. The van der Waals surface area contributed by atoms with Gasteiger partial charge in [0.05, 0.1) is 0 Å². The second kappa shape index (κ2) is 5.25. The average molecular weight is 314 g/mol. The van der Waals surface area contributed by atoms with E-state index in [1.165, 1.54) is 0 Å². The van der Waals surface area contributed by atoms with Crippen LogP contribution >= 0.6 is 0 Å². The Morgan fingerprint density at radius 1 is 1.00 bits per heavy atom. The summed E-state index contributed by atoms with van der Waals surface area (Å²) in [6, 6.07) is 9.32. The maximum atomic E-state index is 10.9. The lowest BCUT2D eigenvalue weighted by atomic mass is 9.78. The molecular formula is C19H22O4. The van der Waals surface area contributed by atoms with Crippen LogP contribution in [-0.4, -0.2) is 20.9 Å². The third kappa shape index (κ3) is 2.21. The summed E-state index contributed by atoms with van der Waals surface area (Å²) in [7, 11) is 0. The van der Waals surface area contributed by atoms with Gasteiger partial charge in [0.15, 0.2) is 6.10 Å². The predicted octanol–water partition coefficient (Wildman–Crippen LogP) is 3.24. The summed E-state index contributed by atoms with van der Waals surface area (Å²) in [5.41, 5.74) is 1.86. The number of fused-ring (bicyclic) bond motifs is 1. The second-order valence-electron chi connectivity index (χ2n) is 6.50. The number of aliphatic hydroxyl groups is 2. The van der Waals surface area contributed by atoms with Crippen LogP contribution in [0.5, 0.6) is 11.5 Å². The molecule has 3 rings (SSSR count). The van der Waals surface area contributed by atoms with Crippen molar-refractivity contribution in [2.45, 2.75) is 45.5 Å². The van der Waals surface area contributed by atoms with Crippen molar-refractivity contribution in [2.24, 2.45) is 0 Å². The van der Waals surface area contributed by atoms with E-state index >= 15 is 0 Å². The number of aromatic hydroxyl groups is 1. The van der Waals surface area contributed by atoms with Gasteiger partial charge in [0, 0.05) is 11.1 Å². The van der Waals surface area contributed by atoms with Crippen molar-refractivity contribution in [3.63, 3.8) is 0 Å².